The van der Waals surface area contributed by atoms with Crippen molar-refractivity contribution in [3.63, 3.8) is 0 Å². The summed E-state index contributed by atoms with van der Waals surface area (Å²) in [5.41, 5.74) is 18.8. The minimum atomic E-state index is -0.0785. The molecule has 1 saturated carbocycles. The number of anilines is 5. The van der Waals surface area contributed by atoms with Gasteiger partial charge in [-0.3, -0.25) is 0 Å². The first-order valence-electron chi connectivity index (χ1n) is 18.8. The first-order valence-corrected chi connectivity index (χ1v) is 18.8. The van der Waals surface area contributed by atoms with E-state index in [-0.39, 0.29) is 21.8 Å². The Balaban J connectivity index is 1.41. The van der Waals surface area contributed by atoms with Gasteiger partial charge in [0.15, 0.2) is 0 Å². The lowest BCUT2D eigenvalue weighted by atomic mass is 9.61. The van der Waals surface area contributed by atoms with Crippen LogP contribution in [0.25, 0.3) is 11.1 Å². The average molecular weight is 659 g/mol. The summed E-state index contributed by atoms with van der Waals surface area (Å²) in [5, 5.41) is 0. The fourth-order valence-corrected chi connectivity index (χ4v) is 10.2. The summed E-state index contributed by atoms with van der Waals surface area (Å²) in [6.07, 6.45) is 4.98. The van der Waals surface area contributed by atoms with Crippen molar-refractivity contribution in [2.24, 2.45) is 0 Å². The summed E-state index contributed by atoms with van der Waals surface area (Å²) in [4.78, 5) is 5.33. The third-order valence-corrected chi connectivity index (χ3v) is 13.0. The van der Waals surface area contributed by atoms with E-state index in [2.05, 4.69) is 176 Å². The first kappa shape index (κ1) is 32.9. The fraction of sp³-hybridized carbons (Fsp3) is 0.375. The third kappa shape index (κ3) is 4.59. The van der Waals surface area contributed by atoms with Gasteiger partial charge in [0, 0.05) is 33.5 Å². The van der Waals surface area contributed by atoms with Crippen LogP contribution in [0.2, 0.25) is 0 Å². The smallest absolute Gasteiger partial charge is 0.0543 e. The molecule has 0 bridgehead atoms. The highest BCUT2D eigenvalue weighted by molar-refractivity contribution is 5.96. The van der Waals surface area contributed by atoms with Crippen LogP contribution in [0, 0.1) is 20.8 Å². The molecule has 50 heavy (non-hydrogen) atoms. The van der Waals surface area contributed by atoms with Crippen LogP contribution in [0.1, 0.15) is 113 Å². The van der Waals surface area contributed by atoms with E-state index in [1.807, 2.05) is 0 Å². The van der Waals surface area contributed by atoms with E-state index in [1.54, 1.807) is 0 Å². The van der Waals surface area contributed by atoms with E-state index in [1.165, 1.54) is 104 Å². The van der Waals surface area contributed by atoms with Crippen molar-refractivity contribution < 1.29 is 0 Å². The van der Waals surface area contributed by atoms with Gasteiger partial charge < -0.3 is 9.80 Å². The lowest BCUT2D eigenvalue weighted by Crippen LogP contribution is -2.54. The lowest BCUT2D eigenvalue weighted by Gasteiger charge is -2.50. The van der Waals surface area contributed by atoms with E-state index < -0.39 is 0 Å². The zero-order valence-electron chi connectivity index (χ0n) is 32.0. The standard InChI is InChI=1S/C48H54N2/c1-31-26-35(30-36(27-31)50-41-22-14-13-20-39(41)47(9)24-15-16-25-48(47,50)10)49(44-32(2)28-34(29-33(44)3)45(4,5)6)42-23-17-21-40-43(42)37-18-11-12-19-38(37)46(40,7)8/h11-14,17-23,26-30H,15-16,24-25H2,1-10H3/t47-,48?/m1/s1. The molecule has 0 amide bonds. The van der Waals surface area contributed by atoms with E-state index >= 15 is 0 Å². The summed E-state index contributed by atoms with van der Waals surface area (Å²) >= 11 is 0. The molecule has 1 fully saturated rings. The monoisotopic (exact) mass is 658 g/mol. The van der Waals surface area contributed by atoms with Crippen LogP contribution in [0.4, 0.5) is 28.4 Å². The van der Waals surface area contributed by atoms with Crippen LogP contribution in [0.15, 0.2) is 97.1 Å². The average Bonchev–Trinajstić information content (AvgIpc) is 3.43. The molecular formula is C48H54N2. The molecule has 2 nitrogen and oxygen atoms in total. The van der Waals surface area contributed by atoms with Gasteiger partial charge >= 0.3 is 0 Å². The Morgan fingerprint density at radius 2 is 1.30 bits per heavy atom. The second-order valence-electron chi connectivity index (χ2n) is 17.6. The van der Waals surface area contributed by atoms with Crippen LogP contribution in [-0.4, -0.2) is 5.54 Å². The van der Waals surface area contributed by atoms with E-state index in [9.17, 15) is 0 Å². The maximum absolute atomic E-state index is 2.73. The van der Waals surface area contributed by atoms with E-state index in [0.717, 1.165) is 0 Å². The van der Waals surface area contributed by atoms with Gasteiger partial charge in [-0.2, -0.15) is 0 Å². The van der Waals surface area contributed by atoms with Gasteiger partial charge in [0.1, 0.15) is 0 Å². The zero-order valence-corrected chi connectivity index (χ0v) is 32.0. The summed E-state index contributed by atoms with van der Waals surface area (Å²) < 4.78 is 0. The van der Waals surface area contributed by atoms with Crippen molar-refractivity contribution in [3.8, 4) is 11.1 Å². The fourth-order valence-electron chi connectivity index (χ4n) is 10.2. The largest absolute Gasteiger partial charge is 0.334 e. The second kappa shape index (κ2) is 11.1. The first-order chi connectivity index (χ1) is 23.7. The predicted molar refractivity (Wildman–Crippen MR) is 214 cm³/mol. The minimum Gasteiger partial charge on any atom is -0.334 e. The number of para-hydroxylation sites is 1. The van der Waals surface area contributed by atoms with Crippen LogP contribution >= 0.6 is 0 Å². The number of nitrogens with zero attached hydrogens (tertiary/aromatic N) is 2. The molecule has 256 valence electrons. The Morgan fingerprint density at radius 3 is 2.02 bits per heavy atom. The molecule has 0 radical (unpaired) electrons. The van der Waals surface area contributed by atoms with Gasteiger partial charge in [-0.25, -0.2) is 0 Å². The van der Waals surface area contributed by atoms with Crippen molar-refractivity contribution in [2.45, 2.75) is 117 Å². The number of fused-ring (bicyclic) bond motifs is 6. The molecule has 0 spiro atoms. The zero-order chi connectivity index (χ0) is 35.4. The topological polar surface area (TPSA) is 6.48 Å². The number of benzene rings is 5. The van der Waals surface area contributed by atoms with Gasteiger partial charge in [-0.1, -0.05) is 121 Å². The summed E-state index contributed by atoms with van der Waals surface area (Å²) in [6.45, 7) is 23.7. The Labute approximate surface area is 301 Å². The van der Waals surface area contributed by atoms with Crippen molar-refractivity contribution in [1.82, 2.24) is 0 Å². The van der Waals surface area contributed by atoms with Gasteiger partial charge in [-0.15, -0.1) is 0 Å². The van der Waals surface area contributed by atoms with Gasteiger partial charge in [0.2, 0.25) is 0 Å². The Kier molecular flexibility index (Phi) is 7.30. The Bertz CT molecular complexity index is 2140. The highest BCUT2D eigenvalue weighted by Gasteiger charge is 2.57. The maximum Gasteiger partial charge on any atom is 0.0543 e. The molecule has 3 aliphatic rings. The number of aryl methyl sites for hydroxylation is 3. The van der Waals surface area contributed by atoms with E-state index in [4.69, 9.17) is 0 Å². The molecule has 1 aliphatic heterocycles. The molecular weight excluding hydrogens is 605 g/mol. The number of rotatable bonds is 4. The Morgan fingerprint density at radius 1 is 0.660 bits per heavy atom. The molecule has 2 atom stereocenters. The lowest BCUT2D eigenvalue weighted by molar-refractivity contribution is 0.195. The molecule has 2 heteroatoms. The molecule has 1 heterocycles. The molecule has 5 aromatic rings. The third-order valence-electron chi connectivity index (χ3n) is 13.0. The van der Waals surface area contributed by atoms with Crippen molar-refractivity contribution >= 4 is 28.4 Å². The molecule has 1 unspecified atom stereocenters. The summed E-state index contributed by atoms with van der Waals surface area (Å²) in [5.74, 6) is 0. The SMILES string of the molecule is Cc1cc(N(c2cccc3c2-c2ccccc2C3(C)C)c2c(C)cc(C(C)(C)C)cc2C)cc(N2c3ccccc3[C@@]3(C)CCCCC23C)c1. The van der Waals surface area contributed by atoms with Gasteiger partial charge in [0.25, 0.3) is 0 Å². The van der Waals surface area contributed by atoms with E-state index in [0.29, 0.717) is 0 Å². The minimum absolute atomic E-state index is 0.00196. The van der Waals surface area contributed by atoms with Gasteiger partial charge in [-0.05, 0) is 121 Å². The van der Waals surface area contributed by atoms with Crippen LogP contribution in [0.3, 0.4) is 0 Å². The number of hydrogen-bond acceptors (Lipinski definition) is 2. The molecule has 8 rings (SSSR count). The summed E-state index contributed by atoms with van der Waals surface area (Å²) in [6, 6.07) is 37.5. The second-order valence-corrected chi connectivity index (χ2v) is 17.6. The molecule has 0 aromatic heterocycles. The van der Waals surface area contributed by atoms with Crippen LogP contribution in [0.5, 0.6) is 0 Å². The van der Waals surface area contributed by atoms with Crippen molar-refractivity contribution in [1.29, 1.82) is 0 Å². The van der Waals surface area contributed by atoms with Crippen LogP contribution in [-0.2, 0) is 16.2 Å². The molecule has 0 saturated heterocycles. The van der Waals surface area contributed by atoms with Crippen LogP contribution < -0.4 is 9.80 Å². The predicted octanol–water partition coefficient (Wildman–Crippen LogP) is 13.4. The highest BCUT2D eigenvalue weighted by atomic mass is 15.3. The number of hydrogen-bond donors (Lipinski definition) is 0. The van der Waals surface area contributed by atoms with Gasteiger partial charge in [0.05, 0.1) is 16.9 Å². The normalized spacial score (nSPS) is 21.8. The molecule has 0 N–H and O–H groups in total. The quantitative estimate of drug-likeness (QED) is 0.190. The van der Waals surface area contributed by atoms with Crippen molar-refractivity contribution in [2.75, 3.05) is 9.80 Å². The maximum atomic E-state index is 2.73. The van der Waals surface area contributed by atoms with Crippen molar-refractivity contribution in [3.05, 3.63) is 136 Å². The Hall–Kier alpha value is -4.30. The molecule has 5 aromatic carbocycles. The summed E-state index contributed by atoms with van der Waals surface area (Å²) in [7, 11) is 0. The highest BCUT2D eigenvalue weighted by Crippen LogP contribution is 2.61. The molecule has 2 aliphatic carbocycles.